The molecule has 0 unspecified atom stereocenters. The van der Waals surface area contributed by atoms with Gasteiger partial charge in [-0.3, -0.25) is 9.59 Å². The third-order valence-electron chi connectivity index (χ3n) is 3.18. The third-order valence-corrected chi connectivity index (χ3v) is 4.34. The smallest absolute Gasteiger partial charge is 0.316 e. The van der Waals surface area contributed by atoms with Crippen molar-refractivity contribution in [3.8, 4) is 5.75 Å². The monoisotopic (exact) mass is 393 g/mol. The van der Waals surface area contributed by atoms with Gasteiger partial charge in [0.25, 0.3) is 0 Å². The molecule has 138 valence electrons. The van der Waals surface area contributed by atoms with Crippen LogP contribution in [0.25, 0.3) is 0 Å². The van der Waals surface area contributed by atoms with E-state index in [2.05, 4.69) is 5.32 Å². The van der Waals surface area contributed by atoms with E-state index in [4.69, 9.17) is 21.1 Å². The minimum Gasteiger partial charge on any atom is -0.490 e. The van der Waals surface area contributed by atoms with E-state index in [1.54, 1.807) is 24.3 Å². The van der Waals surface area contributed by atoms with E-state index in [0.717, 1.165) is 11.3 Å². The number of rotatable bonds is 9. The number of hydrogen-bond acceptors (Lipinski definition) is 5. The van der Waals surface area contributed by atoms with E-state index < -0.39 is 0 Å². The fourth-order valence-electron chi connectivity index (χ4n) is 2.03. The van der Waals surface area contributed by atoms with Crippen molar-refractivity contribution in [3.63, 3.8) is 0 Å². The molecule has 0 saturated heterocycles. The van der Waals surface area contributed by atoms with Gasteiger partial charge in [-0.15, -0.1) is 11.8 Å². The molecular weight excluding hydrogens is 374 g/mol. The number of esters is 1. The van der Waals surface area contributed by atoms with Crippen LogP contribution in [0.2, 0.25) is 5.02 Å². The lowest BCUT2D eigenvalue weighted by Gasteiger charge is -2.08. The van der Waals surface area contributed by atoms with Crippen molar-refractivity contribution in [2.45, 2.75) is 6.92 Å². The minimum atomic E-state index is -0.377. The van der Waals surface area contributed by atoms with Gasteiger partial charge in [0.2, 0.25) is 5.91 Å². The van der Waals surface area contributed by atoms with Crippen LogP contribution in [0.5, 0.6) is 5.75 Å². The number of anilines is 1. The van der Waals surface area contributed by atoms with Gasteiger partial charge >= 0.3 is 5.97 Å². The number of halogens is 1. The summed E-state index contributed by atoms with van der Waals surface area (Å²) in [6.45, 7) is 2.36. The second kappa shape index (κ2) is 10.7. The van der Waals surface area contributed by atoms with Gasteiger partial charge in [0, 0.05) is 10.7 Å². The zero-order chi connectivity index (χ0) is 18.8. The van der Waals surface area contributed by atoms with Crippen LogP contribution in [0.15, 0.2) is 48.5 Å². The minimum absolute atomic E-state index is 0.113. The van der Waals surface area contributed by atoms with E-state index in [1.165, 1.54) is 11.8 Å². The van der Waals surface area contributed by atoms with Crippen molar-refractivity contribution in [2.24, 2.45) is 0 Å². The molecule has 26 heavy (non-hydrogen) atoms. The summed E-state index contributed by atoms with van der Waals surface area (Å²) in [6.07, 6.45) is 0. The molecule has 5 nitrogen and oxygen atoms in total. The molecule has 1 amide bonds. The zero-order valence-corrected chi connectivity index (χ0v) is 15.9. The van der Waals surface area contributed by atoms with Gasteiger partial charge in [0.1, 0.15) is 19.0 Å². The second-order valence-corrected chi connectivity index (χ2v) is 6.86. The molecule has 0 aliphatic rings. The Labute approximate surface area is 162 Å². The summed E-state index contributed by atoms with van der Waals surface area (Å²) < 4.78 is 10.5. The largest absolute Gasteiger partial charge is 0.490 e. The van der Waals surface area contributed by atoms with Crippen molar-refractivity contribution in [3.05, 3.63) is 59.1 Å². The standard InChI is InChI=1S/C19H20ClNO4S/c1-14-3-2-4-16(11-14)21-18(22)12-26-13-19(23)25-10-9-24-17-7-5-15(20)6-8-17/h2-8,11H,9-10,12-13H2,1H3,(H,21,22). The molecule has 0 bridgehead atoms. The number of amides is 1. The third kappa shape index (κ3) is 7.80. The molecule has 7 heteroatoms. The van der Waals surface area contributed by atoms with Gasteiger partial charge < -0.3 is 14.8 Å². The van der Waals surface area contributed by atoms with Crippen LogP contribution >= 0.6 is 23.4 Å². The highest BCUT2D eigenvalue weighted by molar-refractivity contribution is 8.00. The molecule has 0 aliphatic heterocycles. The fourth-order valence-corrected chi connectivity index (χ4v) is 2.77. The number of aryl methyl sites for hydroxylation is 1. The number of carbonyl (C=O) groups excluding carboxylic acids is 2. The van der Waals surface area contributed by atoms with E-state index >= 15 is 0 Å². The van der Waals surface area contributed by atoms with Gasteiger partial charge in [0.05, 0.1) is 11.5 Å². The predicted molar refractivity (Wildman–Crippen MR) is 105 cm³/mol. The van der Waals surface area contributed by atoms with Gasteiger partial charge in [-0.2, -0.15) is 0 Å². The Bertz CT molecular complexity index is 737. The summed E-state index contributed by atoms with van der Waals surface area (Å²) in [4.78, 5) is 23.5. The van der Waals surface area contributed by atoms with E-state index in [0.29, 0.717) is 10.8 Å². The first kappa shape index (κ1) is 20.1. The Morgan fingerprint density at radius 1 is 1.08 bits per heavy atom. The molecule has 2 aromatic carbocycles. The number of carbonyl (C=O) groups is 2. The van der Waals surface area contributed by atoms with Crippen LogP contribution in [0.1, 0.15) is 5.56 Å². The molecule has 0 atom stereocenters. The van der Waals surface area contributed by atoms with E-state index in [1.807, 2.05) is 31.2 Å². The van der Waals surface area contributed by atoms with Crippen LogP contribution < -0.4 is 10.1 Å². The average molecular weight is 394 g/mol. The predicted octanol–water partition coefficient (Wildman–Crippen LogP) is 3.94. The summed E-state index contributed by atoms with van der Waals surface area (Å²) >= 11 is 6.99. The Hall–Kier alpha value is -2.18. The summed E-state index contributed by atoms with van der Waals surface area (Å²) in [6, 6.07) is 14.5. The van der Waals surface area contributed by atoms with Crippen molar-refractivity contribution < 1.29 is 19.1 Å². The molecule has 0 aliphatic carbocycles. The number of hydrogen-bond donors (Lipinski definition) is 1. The lowest BCUT2D eigenvalue weighted by atomic mass is 10.2. The average Bonchev–Trinajstić information content (AvgIpc) is 2.60. The molecule has 2 rings (SSSR count). The number of thioether (sulfide) groups is 1. The fraction of sp³-hybridized carbons (Fsp3) is 0.263. The van der Waals surface area contributed by atoms with Crippen LogP contribution in [0.4, 0.5) is 5.69 Å². The second-order valence-electron chi connectivity index (χ2n) is 5.43. The number of nitrogens with one attached hydrogen (secondary N) is 1. The van der Waals surface area contributed by atoms with Crippen molar-refractivity contribution in [2.75, 3.05) is 30.0 Å². The molecule has 0 spiro atoms. The van der Waals surface area contributed by atoms with Crippen molar-refractivity contribution in [1.82, 2.24) is 0 Å². The molecule has 1 N–H and O–H groups in total. The normalized spacial score (nSPS) is 10.2. The quantitative estimate of drug-likeness (QED) is 0.516. The first-order chi connectivity index (χ1) is 12.5. The lowest BCUT2D eigenvalue weighted by molar-refractivity contribution is -0.141. The Kier molecular flexibility index (Phi) is 8.31. The van der Waals surface area contributed by atoms with E-state index in [-0.39, 0.29) is 36.6 Å². The molecule has 0 fully saturated rings. The first-order valence-corrected chi connectivity index (χ1v) is 9.54. The Balaban J connectivity index is 1.55. The highest BCUT2D eigenvalue weighted by Gasteiger charge is 2.07. The van der Waals surface area contributed by atoms with Crippen LogP contribution in [-0.4, -0.2) is 36.6 Å². The molecule has 2 aromatic rings. The van der Waals surface area contributed by atoms with Gasteiger partial charge in [-0.1, -0.05) is 23.7 Å². The SMILES string of the molecule is Cc1cccc(NC(=O)CSCC(=O)OCCOc2ccc(Cl)cc2)c1. The highest BCUT2D eigenvalue weighted by Crippen LogP contribution is 2.15. The summed E-state index contributed by atoms with van der Waals surface area (Å²) in [7, 11) is 0. The van der Waals surface area contributed by atoms with Crippen LogP contribution in [0.3, 0.4) is 0 Å². The molecular formula is C19H20ClNO4S. The Morgan fingerprint density at radius 3 is 2.58 bits per heavy atom. The molecule has 0 radical (unpaired) electrons. The summed E-state index contributed by atoms with van der Waals surface area (Å²) in [5, 5.41) is 3.42. The maximum absolute atomic E-state index is 11.8. The number of ether oxygens (including phenoxy) is 2. The van der Waals surface area contributed by atoms with Crippen LogP contribution in [-0.2, 0) is 14.3 Å². The Morgan fingerprint density at radius 2 is 1.85 bits per heavy atom. The van der Waals surface area contributed by atoms with Gasteiger partial charge in [-0.05, 0) is 48.9 Å². The van der Waals surface area contributed by atoms with Gasteiger partial charge in [-0.25, -0.2) is 0 Å². The first-order valence-electron chi connectivity index (χ1n) is 8.01. The molecule has 0 aromatic heterocycles. The number of benzene rings is 2. The highest BCUT2D eigenvalue weighted by atomic mass is 35.5. The molecule has 0 heterocycles. The van der Waals surface area contributed by atoms with E-state index in [9.17, 15) is 9.59 Å². The maximum atomic E-state index is 11.8. The summed E-state index contributed by atoms with van der Waals surface area (Å²) in [5.41, 5.74) is 1.82. The van der Waals surface area contributed by atoms with Crippen molar-refractivity contribution >= 4 is 40.9 Å². The van der Waals surface area contributed by atoms with Crippen molar-refractivity contribution in [1.29, 1.82) is 0 Å². The maximum Gasteiger partial charge on any atom is 0.316 e. The zero-order valence-electron chi connectivity index (χ0n) is 14.4. The molecule has 0 saturated carbocycles. The topological polar surface area (TPSA) is 64.6 Å². The van der Waals surface area contributed by atoms with Gasteiger partial charge in [0.15, 0.2) is 0 Å². The van der Waals surface area contributed by atoms with Crippen LogP contribution in [0, 0.1) is 6.92 Å². The lowest BCUT2D eigenvalue weighted by Crippen LogP contribution is -2.17. The summed E-state index contributed by atoms with van der Waals surface area (Å²) in [5.74, 6) is 0.428.